The number of nitrogens with two attached hydrogens (primary N) is 1. The number of benzene rings is 1. The van der Waals surface area contributed by atoms with Crippen molar-refractivity contribution in [2.75, 3.05) is 5.32 Å². The fourth-order valence-corrected chi connectivity index (χ4v) is 2.11. The van der Waals surface area contributed by atoms with Gasteiger partial charge in [-0.05, 0) is 43.5 Å². The molecule has 27 heavy (non-hydrogen) atoms. The third kappa shape index (κ3) is 6.78. The number of halogens is 3. The maximum absolute atomic E-state index is 13.0. The molecule has 1 aliphatic rings. The molecule has 0 saturated heterocycles. The van der Waals surface area contributed by atoms with Gasteiger partial charge in [-0.1, -0.05) is 12.1 Å². The highest BCUT2D eigenvalue weighted by Gasteiger charge is 2.33. The Bertz CT molecular complexity index is 792. The molecule has 1 aromatic carbocycles. The second-order valence-corrected chi connectivity index (χ2v) is 6.15. The van der Waals surface area contributed by atoms with E-state index in [0.717, 1.165) is 6.07 Å². The van der Waals surface area contributed by atoms with Crippen LogP contribution in [0.4, 0.5) is 29.3 Å². The summed E-state index contributed by atoms with van der Waals surface area (Å²) in [6, 6.07) is 7.34. The molecule has 1 aliphatic carbocycles. The van der Waals surface area contributed by atoms with Crippen LogP contribution in [-0.2, 0) is 12.7 Å². The second kappa shape index (κ2) is 8.72. The molecule has 1 saturated carbocycles. The van der Waals surface area contributed by atoms with Gasteiger partial charge in [0.2, 0.25) is 0 Å². The van der Waals surface area contributed by atoms with Crippen molar-refractivity contribution < 1.29 is 23.1 Å². The molecule has 3 rings (SSSR count). The summed E-state index contributed by atoms with van der Waals surface area (Å²) >= 11 is 0. The van der Waals surface area contributed by atoms with Crippen molar-refractivity contribution in [2.24, 2.45) is 5.73 Å². The van der Waals surface area contributed by atoms with E-state index in [1.54, 1.807) is 13.0 Å². The molecular weight excluding hydrogens is 361 g/mol. The maximum atomic E-state index is 13.0. The molecule has 0 spiro atoms. The number of nitrogens with zero attached hydrogens (tertiary/aromatic N) is 1. The van der Waals surface area contributed by atoms with Crippen LogP contribution in [0.25, 0.3) is 0 Å². The molecule has 146 valence electrons. The third-order valence-electron chi connectivity index (χ3n) is 3.73. The lowest BCUT2D eigenvalue weighted by molar-refractivity contribution is -0.136. The molecule has 6 nitrogen and oxygen atoms in total. The lowest BCUT2D eigenvalue weighted by Gasteiger charge is -2.15. The lowest BCUT2D eigenvalue weighted by atomic mass is 10.1. The quantitative estimate of drug-likeness (QED) is 0.640. The monoisotopic (exact) mass is 382 g/mol. The number of rotatable bonds is 4. The fourth-order valence-electron chi connectivity index (χ4n) is 2.11. The van der Waals surface area contributed by atoms with Gasteiger partial charge in [0.25, 0.3) is 0 Å². The number of alkyl halides is 3. The van der Waals surface area contributed by atoms with Gasteiger partial charge in [0.05, 0.1) is 35.4 Å². The first-order chi connectivity index (χ1) is 12.7. The van der Waals surface area contributed by atoms with Crippen molar-refractivity contribution in [3.63, 3.8) is 0 Å². The molecule has 1 fully saturated rings. The fraction of sp³-hybridized carbons (Fsp3) is 0.333. The number of aromatic nitrogens is 1. The van der Waals surface area contributed by atoms with Gasteiger partial charge >= 0.3 is 12.3 Å². The summed E-state index contributed by atoms with van der Waals surface area (Å²) in [7, 11) is 0. The lowest BCUT2D eigenvalue weighted by Crippen LogP contribution is -2.21. The largest absolute Gasteiger partial charge is 0.465 e. The minimum Gasteiger partial charge on any atom is -0.465 e. The van der Waals surface area contributed by atoms with Gasteiger partial charge in [0.1, 0.15) is 0 Å². The van der Waals surface area contributed by atoms with Gasteiger partial charge in [0.15, 0.2) is 0 Å². The molecule has 0 aliphatic heterocycles. The van der Waals surface area contributed by atoms with Crippen molar-refractivity contribution in [3.8, 4) is 0 Å². The number of anilines is 2. The van der Waals surface area contributed by atoms with Crippen LogP contribution in [0.3, 0.4) is 0 Å². The highest BCUT2D eigenvalue weighted by atomic mass is 19.4. The van der Waals surface area contributed by atoms with Crippen LogP contribution in [0.1, 0.15) is 29.7 Å². The number of para-hydroxylation sites is 1. The number of aryl methyl sites for hydroxylation is 1. The number of pyridine rings is 1. The van der Waals surface area contributed by atoms with Gasteiger partial charge in [-0.3, -0.25) is 4.98 Å². The van der Waals surface area contributed by atoms with E-state index in [1.807, 2.05) is 0 Å². The van der Waals surface area contributed by atoms with E-state index in [2.05, 4.69) is 15.6 Å². The zero-order chi connectivity index (χ0) is 20.0. The van der Waals surface area contributed by atoms with E-state index < -0.39 is 17.8 Å². The Morgan fingerprint density at radius 3 is 2.48 bits per heavy atom. The SMILES string of the molecule is Cc1cc(Nc2ccccc2C(F)(F)F)cnc1CNC(=O)O.NC1CC1. The van der Waals surface area contributed by atoms with Crippen LogP contribution >= 0.6 is 0 Å². The number of nitrogens with one attached hydrogen (secondary N) is 2. The number of carbonyl (C=O) groups is 1. The topological polar surface area (TPSA) is 100 Å². The molecule has 1 amide bonds. The zero-order valence-electron chi connectivity index (χ0n) is 14.7. The number of hydrogen-bond donors (Lipinski definition) is 4. The Morgan fingerprint density at radius 1 is 1.33 bits per heavy atom. The zero-order valence-corrected chi connectivity index (χ0v) is 14.7. The van der Waals surface area contributed by atoms with E-state index in [0.29, 0.717) is 23.0 Å². The first-order valence-electron chi connectivity index (χ1n) is 8.28. The van der Waals surface area contributed by atoms with E-state index >= 15 is 0 Å². The predicted octanol–water partition coefficient (Wildman–Crippen LogP) is 4.03. The van der Waals surface area contributed by atoms with Gasteiger partial charge in [-0.15, -0.1) is 0 Å². The standard InChI is InChI=1S/C15H14F3N3O2.C3H7N/c1-9-6-10(7-19-13(9)8-20-14(22)23)21-12-5-3-2-4-11(12)15(16,17)18;4-3-1-2-3/h2-7,20-21H,8H2,1H3,(H,22,23);3H,1-2,4H2. The third-order valence-corrected chi connectivity index (χ3v) is 3.73. The maximum Gasteiger partial charge on any atom is 0.418 e. The summed E-state index contributed by atoms with van der Waals surface area (Å²) in [4.78, 5) is 14.5. The average Bonchev–Trinajstić information content (AvgIpc) is 3.36. The van der Waals surface area contributed by atoms with Gasteiger partial charge in [0, 0.05) is 6.04 Å². The number of hydrogen-bond acceptors (Lipinski definition) is 4. The van der Waals surface area contributed by atoms with E-state index in [4.69, 9.17) is 10.8 Å². The van der Waals surface area contributed by atoms with Crippen LogP contribution < -0.4 is 16.4 Å². The highest BCUT2D eigenvalue weighted by Crippen LogP contribution is 2.35. The van der Waals surface area contributed by atoms with Crippen molar-refractivity contribution in [2.45, 2.75) is 38.5 Å². The molecular formula is C18H21F3N4O2. The normalized spacial score (nSPS) is 13.4. The average molecular weight is 382 g/mol. The predicted molar refractivity (Wildman–Crippen MR) is 95.8 cm³/mol. The van der Waals surface area contributed by atoms with E-state index in [1.165, 1.54) is 37.2 Å². The molecule has 0 radical (unpaired) electrons. The Kier molecular flexibility index (Phi) is 6.62. The van der Waals surface area contributed by atoms with E-state index in [-0.39, 0.29) is 12.2 Å². The summed E-state index contributed by atoms with van der Waals surface area (Å²) in [6.45, 7) is 1.73. The van der Waals surface area contributed by atoms with Crippen LogP contribution in [0.2, 0.25) is 0 Å². The first kappa shape index (κ1) is 20.5. The van der Waals surface area contributed by atoms with Gasteiger partial charge in [-0.25, -0.2) is 4.79 Å². The first-order valence-corrected chi connectivity index (χ1v) is 8.28. The minimum absolute atomic E-state index is 0.0284. The summed E-state index contributed by atoms with van der Waals surface area (Å²) in [5.74, 6) is 0. The van der Waals surface area contributed by atoms with Gasteiger partial charge in [-0.2, -0.15) is 13.2 Å². The summed E-state index contributed by atoms with van der Waals surface area (Å²) in [5, 5.41) is 13.4. The number of amides is 1. The Morgan fingerprint density at radius 2 is 1.96 bits per heavy atom. The highest BCUT2D eigenvalue weighted by molar-refractivity contribution is 5.65. The second-order valence-electron chi connectivity index (χ2n) is 6.15. The van der Waals surface area contributed by atoms with Crippen LogP contribution in [-0.4, -0.2) is 22.2 Å². The molecule has 0 atom stereocenters. The Hall–Kier alpha value is -2.81. The molecule has 1 heterocycles. The summed E-state index contributed by atoms with van der Waals surface area (Å²) in [6.07, 6.45) is -1.75. The molecule has 5 N–H and O–H groups in total. The van der Waals surface area contributed by atoms with E-state index in [9.17, 15) is 18.0 Å². The van der Waals surface area contributed by atoms with Crippen LogP contribution in [0.15, 0.2) is 36.5 Å². The van der Waals surface area contributed by atoms with Crippen molar-refractivity contribution in [3.05, 3.63) is 53.3 Å². The molecule has 1 aromatic heterocycles. The molecule has 0 bridgehead atoms. The Balaban J connectivity index is 0.000000576. The minimum atomic E-state index is -4.46. The Labute approximate surface area is 154 Å². The summed E-state index contributed by atoms with van der Waals surface area (Å²) in [5.41, 5.74) is 5.93. The number of carboxylic acid groups (broad SMARTS) is 1. The molecule has 9 heteroatoms. The van der Waals surface area contributed by atoms with Crippen molar-refractivity contribution in [1.82, 2.24) is 10.3 Å². The smallest absolute Gasteiger partial charge is 0.418 e. The van der Waals surface area contributed by atoms with Crippen LogP contribution in [0.5, 0.6) is 0 Å². The molecule has 0 unspecified atom stereocenters. The summed E-state index contributed by atoms with van der Waals surface area (Å²) < 4.78 is 38.9. The molecule has 2 aromatic rings. The van der Waals surface area contributed by atoms with Crippen molar-refractivity contribution >= 4 is 17.5 Å². The van der Waals surface area contributed by atoms with Gasteiger partial charge < -0.3 is 21.5 Å². The van der Waals surface area contributed by atoms with Crippen LogP contribution in [0, 0.1) is 6.92 Å². The van der Waals surface area contributed by atoms with Crippen molar-refractivity contribution in [1.29, 1.82) is 0 Å².